The quantitative estimate of drug-likeness (QED) is 0.202. The van der Waals surface area contributed by atoms with Gasteiger partial charge < -0.3 is 4.74 Å². The molecule has 2 rings (SSSR count). The molecule has 0 aromatic heterocycles. The van der Waals surface area contributed by atoms with Crippen LogP contribution in [0.25, 0.3) is 0 Å². The number of hydrogen-bond acceptors (Lipinski definition) is 2. The Balaban J connectivity index is 1.56. The van der Waals surface area contributed by atoms with E-state index in [-0.39, 0.29) is 12.1 Å². The molecular weight excluding hydrogens is 382 g/mol. The fraction of sp³-hybridized carbons (Fsp3) is 0.893. The number of nitrogens with zero attached hydrogens (tertiary/aromatic N) is 1. The fourth-order valence-electron chi connectivity index (χ4n) is 5.27. The van der Waals surface area contributed by atoms with Crippen LogP contribution >= 0.6 is 0 Å². The fourth-order valence-corrected chi connectivity index (χ4v) is 5.27. The molecule has 31 heavy (non-hydrogen) atoms. The van der Waals surface area contributed by atoms with Crippen molar-refractivity contribution in [1.82, 2.24) is 4.90 Å². The SMILES string of the molecule is CCCCCCCCCCCCCCCC1=CC2CCCC(C1)N2C(=O)OC(C)(C)C. The van der Waals surface area contributed by atoms with Gasteiger partial charge in [0.05, 0.1) is 6.04 Å². The smallest absolute Gasteiger partial charge is 0.411 e. The standard InChI is InChI=1S/C28H51NO2/c1-5-6-7-8-9-10-11-12-13-14-15-16-17-19-24-22-25-20-18-21-26(23-24)29(25)27(30)31-28(2,3)4/h22,25-26H,5-21,23H2,1-4H3. The Hall–Kier alpha value is -0.990. The third-order valence-electron chi connectivity index (χ3n) is 6.92. The van der Waals surface area contributed by atoms with Crippen molar-refractivity contribution < 1.29 is 9.53 Å². The van der Waals surface area contributed by atoms with E-state index < -0.39 is 5.60 Å². The van der Waals surface area contributed by atoms with Gasteiger partial charge in [0, 0.05) is 6.04 Å². The van der Waals surface area contributed by atoms with Gasteiger partial charge in [-0.05, 0) is 59.3 Å². The maximum Gasteiger partial charge on any atom is 0.411 e. The molecule has 2 bridgehead atoms. The molecule has 3 heteroatoms. The summed E-state index contributed by atoms with van der Waals surface area (Å²) >= 11 is 0. The zero-order valence-electron chi connectivity index (χ0n) is 21.2. The third-order valence-corrected chi connectivity index (χ3v) is 6.92. The second kappa shape index (κ2) is 14.2. The van der Waals surface area contributed by atoms with E-state index in [1.54, 1.807) is 5.57 Å². The van der Waals surface area contributed by atoms with E-state index >= 15 is 0 Å². The van der Waals surface area contributed by atoms with Crippen LogP contribution in [0.2, 0.25) is 0 Å². The maximum atomic E-state index is 12.7. The average Bonchev–Trinajstić information content (AvgIpc) is 2.69. The number of carbonyl (C=O) groups excluding carboxylic acids is 1. The average molecular weight is 434 g/mol. The van der Waals surface area contributed by atoms with E-state index in [0.29, 0.717) is 6.04 Å². The van der Waals surface area contributed by atoms with E-state index in [1.807, 2.05) is 25.7 Å². The number of rotatable bonds is 14. The number of hydrogen-bond donors (Lipinski definition) is 0. The van der Waals surface area contributed by atoms with Crippen molar-refractivity contribution in [2.24, 2.45) is 0 Å². The summed E-state index contributed by atoms with van der Waals surface area (Å²) in [5, 5.41) is 0. The predicted molar refractivity (Wildman–Crippen MR) is 133 cm³/mol. The summed E-state index contributed by atoms with van der Waals surface area (Å²) in [7, 11) is 0. The molecular formula is C28H51NO2. The van der Waals surface area contributed by atoms with Gasteiger partial charge in [-0.1, -0.05) is 95.6 Å². The Morgan fingerprint density at radius 2 is 1.45 bits per heavy atom. The Kier molecular flexibility index (Phi) is 12.0. The summed E-state index contributed by atoms with van der Waals surface area (Å²) in [6.45, 7) is 8.17. The Bertz CT molecular complexity index is 534. The normalized spacial score (nSPS) is 21.2. The monoisotopic (exact) mass is 433 g/mol. The van der Waals surface area contributed by atoms with Crippen LogP contribution in [0.15, 0.2) is 11.6 Å². The molecule has 2 aliphatic heterocycles. The predicted octanol–water partition coefficient (Wildman–Crippen LogP) is 8.96. The molecule has 180 valence electrons. The number of unbranched alkanes of at least 4 members (excludes halogenated alkanes) is 12. The summed E-state index contributed by atoms with van der Waals surface area (Å²) in [6.07, 6.45) is 26.4. The van der Waals surface area contributed by atoms with Crippen LogP contribution in [-0.4, -0.2) is 28.7 Å². The Labute approximate surface area is 193 Å². The molecule has 1 saturated heterocycles. The first-order chi connectivity index (χ1) is 14.9. The van der Waals surface area contributed by atoms with Crippen molar-refractivity contribution in [3.63, 3.8) is 0 Å². The van der Waals surface area contributed by atoms with E-state index in [1.165, 1.54) is 96.3 Å². The highest BCUT2D eigenvalue weighted by Crippen LogP contribution is 2.36. The molecule has 3 nitrogen and oxygen atoms in total. The number of piperidine rings is 1. The first kappa shape index (κ1) is 26.3. The van der Waals surface area contributed by atoms with Crippen molar-refractivity contribution in [3.05, 3.63) is 11.6 Å². The van der Waals surface area contributed by atoms with Gasteiger partial charge in [0.2, 0.25) is 0 Å². The molecule has 0 aliphatic carbocycles. The summed E-state index contributed by atoms with van der Waals surface area (Å²) in [5.74, 6) is 0. The molecule has 0 radical (unpaired) electrons. The summed E-state index contributed by atoms with van der Waals surface area (Å²) in [4.78, 5) is 14.7. The van der Waals surface area contributed by atoms with Crippen LogP contribution in [0, 0.1) is 0 Å². The number of amides is 1. The largest absolute Gasteiger partial charge is 0.444 e. The lowest BCUT2D eigenvalue weighted by Gasteiger charge is -2.45. The van der Waals surface area contributed by atoms with Crippen LogP contribution in [0.5, 0.6) is 0 Å². The molecule has 0 aromatic rings. The molecule has 1 amide bonds. The topological polar surface area (TPSA) is 29.5 Å². The van der Waals surface area contributed by atoms with Gasteiger partial charge in [-0.25, -0.2) is 4.79 Å². The zero-order valence-corrected chi connectivity index (χ0v) is 21.2. The maximum absolute atomic E-state index is 12.7. The first-order valence-electron chi connectivity index (χ1n) is 13.6. The van der Waals surface area contributed by atoms with E-state index in [0.717, 1.165) is 19.3 Å². The van der Waals surface area contributed by atoms with Crippen LogP contribution in [0.3, 0.4) is 0 Å². The Morgan fingerprint density at radius 1 is 0.903 bits per heavy atom. The number of ether oxygens (including phenoxy) is 1. The molecule has 0 N–H and O–H groups in total. The lowest BCUT2D eigenvalue weighted by atomic mass is 9.84. The lowest BCUT2D eigenvalue weighted by molar-refractivity contribution is -0.00159. The van der Waals surface area contributed by atoms with Crippen LogP contribution in [0.4, 0.5) is 4.79 Å². The van der Waals surface area contributed by atoms with Gasteiger partial charge in [0.1, 0.15) is 5.60 Å². The molecule has 2 aliphatic rings. The van der Waals surface area contributed by atoms with Crippen LogP contribution in [-0.2, 0) is 4.74 Å². The third kappa shape index (κ3) is 10.4. The van der Waals surface area contributed by atoms with Gasteiger partial charge in [0.15, 0.2) is 0 Å². The number of carbonyl (C=O) groups is 1. The summed E-state index contributed by atoms with van der Waals surface area (Å²) in [6, 6.07) is 0.620. The van der Waals surface area contributed by atoms with Crippen molar-refractivity contribution >= 4 is 6.09 Å². The van der Waals surface area contributed by atoms with Gasteiger partial charge in [-0.15, -0.1) is 0 Å². The zero-order chi connectivity index (χ0) is 22.5. The van der Waals surface area contributed by atoms with Crippen molar-refractivity contribution in [1.29, 1.82) is 0 Å². The highest BCUT2D eigenvalue weighted by atomic mass is 16.6. The molecule has 0 aromatic carbocycles. The van der Waals surface area contributed by atoms with Gasteiger partial charge >= 0.3 is 6.09 Å². The number of fused-ring (bicyclic) bond motifs is 2. The molecule has 0 saturated carbocycles. The molecule has 1 fully saturated rings. The van der Waals surface area contributed by atoms with Crippen molar-refractivity contribution in [2.45, 2.75) is 161 Å². The highest BCUT2D eigenvalue weighted by molar-refractivity contribution is 5.70. The van der Waals surface area contributed by atoms with Gasteiger partial charge in [-0.3, -0.25) is 4.90 Å². The second-order valence-electron chi connectivity index (χ2n) is 11.1. The minimum Gasteiger partial charge on any atom is -0.444 e. The summed E-state index contributed by atoms with van der Waals surface area (Å²) in [5.41, 5.74) is 1.18. The van der Waals surface area contributed by atoms with E-state index in [2.05, 4.69) is 13.0 Å². The van der Waals surface area contributed by atoms with E-state index in [9.17, 15) is 4.79 Å². The summed E-state index contributed by atoms with van der Waals surface area (Å²) < 4.78 is 5.69. The first-order valence-corrected chi connectivity index (χ1v) is 13.6. The van der Waals surface area contributed by atoms with Crippen molar-refractivity contribution in [3.8, 4) is 0 Å². The van der Waals surface area contributed by atoms with Gasteiger partial charge in [0.25, 0.3) is 0 Å². The molecule has 2 atom stereocenters. The molecule has 0 spiro atoms. The second-order valence-corrected chi connectivity index (χ2v) is 11.1. The molecule has 2 unspecified atom stereocenters. The lowest BCUT2D eigenvalue weighted by Crippen LogP contribution is -2.53. The minimum atomic E-state index is -0.413. The van der Waals surface area contributed by atoms with E-state index in [4.69, 9.17) is 4.74 Å². The van der Waals surface area contributed by atoms with Crippen molar-refractivity contribution in [2.75, 3.05) is 0 Å². The highest BCUT2D eigenvalue weighted by Gasteiger charge is 2.38. The minimum absolute atomic E-state index is 0.113. The Morgan fingerprint density at radius 3 is 1.97 bits per heavy atom. The van der Waals surface area contributed by atoms with Crippen LogP contribution in [0.1, 0.15) is 143 Å². The molecule has 2 heterocycles. The van der Waals surface area contributed by atoms with Gasteiger partial charge in [-0.2, -0.15) is 0 Å². The van der Waals surface area contributed by atoms with Crippen LogP contribution < -0.4 is 0 Å².